The number of rotatable bonds is 8. The minimum absolute atomic E-state index is 0.0880. The molecule has 2 aromatic rings. The number of nitrogens with zero attached hydrogens (tertiary/aromatic N) is 5. The fourth-order valence-electron chi connectivity index (χ4n) is 3.26. The normalized spacial score (nSPS) is 15.0. The first kappa shape index (κ1) is 20.5. The molecule has 0 aliphatic carbocycles. The molecule has 8 nitrogen and oxygen atoms in total. The van der Waals surface area contributed by atoms with Gasteiger partial charge >= 0.3 is 0 Å². The van der Waals surface area contributed by atoms with Crippen LogP contribution in [-0.4, -0.2) is 82.5 Å². The molecular formula is C19H27N5O3S. The minimum atomic E-state index is 0.0880. The molecule has 2 amide bonds. The Balaban J connectivity index is 1.41. The Kier molecular flexibility index (Phi) is 7.16. The summed E-state index contributed by atoms with van der Waals surface area (Å²) < 4.78 is 5.25. The van der Waals surface area contributed by atoms with E-state index in [4.69, 9.17) is 4.52 Å². The molecule has 1 fully saturated rings. The van der Waals surface area contributed by atoms with E-state index in [1.54, 1.807) is 11.3 Å². The van der Waals surface area contributed by atoms with Crippen molar-refractivity contribution >= 4 is 23.2 Å². The number of hydrogen-bond donors (Lipinski definition) is 0. The first-order chi connectivity index (χ1) is 13.6. The molecule has 2 aromatic heterocycles. The summed E-state index contributed by atoms with van der Waals surface area (Å²) in [4.78, 5) is 34.9. The van der Waals surface area contributed by atoms with E-state index in [0.29, 0.717) is 44.2 Å². The predicted molar refractivity (Wildman–Crippen MR) is 107 cm³/mol. The summed E-state index contributed by atoms with van der Waals surface area (Å²) >= 11 is 1.58. The zero-order chi connectivity index (χ0) is 19.9. The van der Waals surface area contributed by atoms with Gasteiger partial charge in [0.2, 0.25) is 23.5 Å². The number of amides is 2. The maximum absolute atomic E-state index is 12.5. The molecule has 0 atom stereocenters. The van der Waals surface area contributed by atoms with Crippen LogP contribution in [-0.2, 0) is 16.0 Å². The molecule has 152 valence electrons. The number of aromatic nitrogens is 2. The van der Waals surface area contributed by atoms with Crippen LogP contribution in [0.25, 0.3) is 11.4 Å². The van der Waals surface area contributed by atoms with Crippen LogP contribution in [0.5, 0.6) is 0 Å². The highest BCUT2D eigenvalue weighted by Gasteiger charge is 2.24. The number of likely N-dealkylation sites (N-methyl/N-ethyl adjacent to an activating group) is 1. The van der Waals surface area contributed by atoms with Crippen molar-refractivity contribution in [1.29, 1.82) is 0 Å². The van der Waals surface area contributed by atoms with Gasteiger partial charge in [0, 0.05) is 63.1 Å². The van der Waals surface area contributed by atoms with Gasteiger partial charge in [-0.05, 0) is 25.3 Å². The summed E-state index contributed by atoms with van der Waals surface area (Å²) in [7, 11) is 0. The number of carbonyl (C=O) groups excluding carboxylic acids is 2. The fraction of sp³-hybridized carbons (Fsp3) is 0.579. The van der Waals surface area contributed by atoms with Crippen LogP contribution in [0.1, 0.15) is 26.2 Å². The van der Waals surface area contributed by atoms with Gasteiger partial charge in [0.05, 0.1) is 6.54 Å². The summed E-state index contributed by atoms with van der Waals surface area (Å²) in [6.45, 7) is 8.62. The third kappa shape index (κ3) is 5.17. The standard InChI is InChI=1S/C19H27N5O3S/c1-3-23(4-2)18(26)13-22-8-10-24(11-9-22)17(25)6-5-16-20-19(21-27-16)15-7-12-28-14-15/h7,12,14H,3-6,8-11,13H2,1-2H3. The summed E-state index contributed by atoms with van der Waals surface area (Å²) in [5.74, 6) is 1.29. The Hall–Kier alpha value is -2.26. The average Bonchev–Trinajstić information content (AvgIpc) is 3.39. The highest BCUT2D eigenvalue weighted by atomic mass is 32.1. The van der Waals surface area contributed by atoms with Gasteiger partial charge in [0.1, 0.15) is 0 Å². The van der Waals surface area contributed by atoms with Crippen molar-refractivity contribution in [3.05, 3.63) is 22.7 Å². The van der Waals surface area contributed by atoms with E-state index in [1.165, 1.54) is 0 Å². The average molecular weight is 406 g/mol. The molecule has 0 bridgehead atoms. The first-order valence-corrected chi connectivity index (χ1v) is 10.7. The second-order valence-electron chi connectivity index (χ2n) is 6.75. The fourth-order valence-corrected chi connectivity index (χ4v) is 3.89. The Labute approximate surface area is 169 Å². The van der Waals surface area contributed by atoms with Crippen LogP contribution in [0.4, 0.5) is 0 Å². The van der Waals surface area contributed by atoms with Gasteiger partial charge in [-0.25, -0.2) is 0 Å². The van der Waals surface area contributed by atoms with Gasteiger partial charge in [-0.1, -0.05) is 5.16 Å². The molecule has 1 aliphatic heterocycles. The molecule has 0 unspecified atom stereocenters. The maximum Gasteiger partial charge on any atom is 0.236 e. The van der Waals surface area contributed by atoms with Gasteiger partial charge in [0.15, 0.2) is 0 Å². The van der Waals surface area contributed by atoms with Crippen LogP contribution in [0, 0.1) is 0 Å². The summed E-state index contributed by atoms with van der Waals surface area (Å²) in [5.41, 5.74) is 0.932. The third-order valence-corrected chi connectivity index (χ3v) is 5.68. The number of thiophene rings is 1. The molecular weight excluding hydrogens is 378 g/mol. The highest BCUT2D eigenvalue weighted by molar-refractivity contribution is 7.08. The Bertz CT molecular complexity index is 764. The van der Waals surface area contributed by atoms with Crippen LogP contribution < -0.4 is 0 Å². The lowest BCUT2D eigenvalue weighted by atomic mass is 10.2. The molecule has 1 aliphatic rings. The van der Waals surface area contributed by atoms with Crippen molar-refractivity contribution in [2.45, 2.75) is 26.7 Å². The zero-order valence-corrected chi connectivity index (χ0v) is 17.3. The van der Waals surface area contributed by atoms with E-state index in [2.05, 4.69) is 15.0 Å². The molecule has 0 saturated carbocycles. The maximum atomic E-state index is 12.5. The van der Waals surface area contributed by atoms with Crippen molar-refractivity contribution in [2.75, 3.05) is 45.8 Å². The molecule has 0 spiro atoms. The Morgan fingerprint density at radius 2 is 1.96 bits per heavy atom. The zero-order valence-electron chi connectivity index (χ0n) is 16.5. The second kappa shape index (κ2) is 9.79. The Morgan fingerprint density at radius 3 is 2.61 bits per heavy atom. The van der Waals surface area contributed by atoms with Crippen LogP contribution in [0.3, 0.4) is 0 Å². The lowest BCUT2D eigenvalue weighted by molar-refractivity contribution is -0.135. The second-order valence-corrected chi connectivity index (χ2v) is 7.53. The van der Waals surface area contributed by atoms with E-state index in [-0.39, 0.29) is 11.8 Å². The van der Waals surface area contributed by atoms with E-state index in [9.17, 15) is 9.59 Å². The van der Waals surface area contributed by atoms with Crippen molar-refractivity contribution in [3.63, 3.8) is 0 Å². The van der Waals surface area contributed by atoms with Crippen LogP contribution in [0.15, 0.2) is 21.3 Å². The lowest BCUT2D eigenvalue weighted by Gasteiger charge is -2.35. The topological polar surface area (TPSA) is 82.8 Å². The van der Waals surface area contributed by atoms with Gasteiger partial charge in [-0.2, -0.15) is 16.3 Å². The van der Waals surface area contributed by atoms with Gasteiger partial charge in [-0.15, -0.1) is 0 Å². The van der Waals surface area contributed by atoms with Crippen molar-refractivity contribution in [3.8, 4) is 11.4 Å². The largest absolute Gasteiger partial charge is 0.342 e. The molecule has 0 radical (unpaired) electrons. The van der Waals surface area contributed by atoms with Crippen molar-refractivity contribution in [2.24, 2.45) is 0 Å². The summed E-state index contributed by atoms with van der Waals surface area (Å²) in [6.07, 6.45) is 0.792. The monoisotopic (exact) mass is 405 g/mol. The predicted octanol–water partition coefficient (Wildman–Crippen LogP) is 1.74. The van der Waals surface area contributed by atoms with Gasteiger partial charge in [0.25, 0.3) is 0 Å². The number of carbonyl (C=O) groups is 2. The van der Waals surface area contributed by atoms with E-state index >= 15 is 0 Å². The minimum Gasteiger partial charge on any atom is -0.342 e. The Morgan fingerprint density at radius 1 is 1.21 bits per heavy atom. The molecule has 9 heteroatoms. The van der Waals surface area contributed by atoms with Crippen molar-refractivity contribution < 1.29 is 14.1 Å². The third-order valence-electron chi connectivity index (χ3n) is 5.00. The van der Waals surface area contributed by atoms with E-state index < -0.39 is 0 Å². The molecule has 28 heavy (non-hydrogen) atoms. The van der Waals surface area contributed by atoms with Gasteiger partial charge < -0.3 is 14.3 Å². The molecule has 0 N–H and O–H groups in total. The first-order valence-electron chi connectivity index (χ1n) is 9.73. The summed E-state index contributed by atoms with van der Waals surface area (Å²) in [6, 6.07) is 1.94. The number of hydrogen-bond acceptors (Lipinski definition) is 7. The molecule has 3 heterocycles. The lowest BCUT2D eigenvalue weighted by Crippen LogP contribution is -2.51. The number of aryl methyl sites for hydroxylation is 1. The SMILES string of the molecule is CCN(CC)C(=O)CN1CCN(C(=O)CCc2nc(-c3ccsc3)no2)CC1. The molecule has 1 saturated heterocycles. The van der Waals surface area contributed by atoms with Crippen LogP contribution >= 0.6 is 11.3 Å². The molecule has 0 aromatic carbocycles. The number of piperazine rings is 1. The van der Waals surface area contributed by atoms with Crippen molar-refractivity contribution in [1.82, 2.24) is 24.8 Å². The van der Waals surface area contributed by atoms with E-state index in [0.717, 1.165) is 31.7 Å². The van der Waals surface area contributed by atoms with Crippen LogP contribution in [0.2, 0.25) is 0 Å². The summed E-state index contributed by atoms with van der Waals surface area (Å²) in [5, 5.41) is 7.89. The van der Waals surface area contributed by atoms with E-state index in [1.807, 2.05) is 40.5 Å². The smallest absolute Gasteiger partial charge is 0.236 e. The molecule has 3 rings (SSSR count). The van der Waals surface area contributed by atoms with Gasteiger partial charge in [-0.3, -0.25) is 14.5 Å². The quantitative estimate of drug-likeness (QED) is 0.665. The highest BCUT2D eigenvalue weighted by Crippen LogP contribution is 2.19.